The minimum atomic E-state index is 0. The van der Waals surface area contributed by atoms with Crippen LogP contribution in [0.5, 0.6) is 5.75 Å². The third-order valence-corrected chi connectivity index (χ3v) is 3.93. The van der Waals surface area contributed by atoms with E-state index in [4.69, 9.17) is 0 Å². The van der Waals surface area contributed by atoms with Gasteiger partial charge in [-0.1, -0.05) is 19.9 Å². The summed E-state index contributed by atoms with van der Waals surface area (Å²) in [5.74, 6) is 0.408. The molecule has 1 aliphatic carbocycles. The van der Waals surface area contributed by atoms with E-state index in [2.05, 4.69) is 24.8 Å². The normalized spacial score (nSPS) is 17.9. The van der Waals surface area contributed by atoms with Crippen molar-refractivity contribution in [2.45, 2.75) is 52.0 Å². The highest BCUT2D eigenvalue weighted by atomic mass is 79.9. The Morgan fingerprint density at radius 2 is 1.84 bits per heavy atom. The second kappa shape index (κ2) is 7.91. The third kappa shape index (κ3) is 4.22. The topological polar surface area (TPSA) is 23.5 Å². The minimum absolute atomic E-state index is 0. The van der Waals surface area contributed by atoms with Crippen LogP contribution < -0.4 is 0 Å². The second-order valence-corrected chi connectivity index (χ2v) is 5.39. The van der Waals surface area contributed by atoms with Crippen LogP contribution in [0.3, 0.4) is 0 Å². The molecule has 0 saturated heterocycles. The molecule has 1 unspecified atom stereocenters. The van der Waals surface area contributed by atoms with Gasteiger partial charge in [0.05, 0.1) is 0 Å². The van der Waals surface area contributed by atoms with Crippen LogP contribution in [0, 0.1) is 0 Å². The fourth-order valence-electron chi connectivity index (χ4n) is 3.09. The molecule has 0 amide bonds. The standard InChI is InChI=1S/C16H25NO.BrH/c1-3-9-17(10-4-2)15-7-5-14-12-16(18)8-6-13(14)11-15;/h6,8,12,15,18H,3-5,7,9-11H2,1-2H3;1H. The number of phenols is 1. The van der Waals surface area contributed by atoms with Gasteiger partial charge < -0.3 is 10.0 Å². The molecule has 1 aromatic rings. The van der Waals surface area contributed by atoms with Crippen LogP contribution in [0.4, 0.5) is 0 Å². The maximum Gasteiger partial charge on any atom is 0.115 e. The zero-order valence-corrected chi connectivity index (χ0v) is 13.8. The van der Waals surface area contributed by atoms with Crippen molar-refractivity contribution in [1.29, 1.82) is 0 Å². The van der Waals surface area contributed by atoms with Gasteiger partial charge in [-0.15, -0.1) is 17.0 Å². The van der Waals surface area contributed by atoms with E-state index in [-0.39, 0.29) is 17.0 Å². The number of hydrogen-bond donors (Lipinski definition) is 1. The zero-order chi connectivity index (χ0) is 13.0. The number of rotatable bonds is 5. The van der Waals surface area contributed by atoms with E-state index in [0.29, 0.717) is 11.8 Å². The molecule has 1 N–H and O–H groups in total. The van der Waals surface area contributed by atoms with Crippen LogP contribution >= 0.6 is 17.0 Å². The molecule has 0 heterocycles. The Morgan fingerprint density at radius 3 is 2.47 bits per heavy atom. The first-order chi connectivity index (χ1) is 8.74. The fourth-order valence-corrected chi connectivity index (χ4v) is 3.09. The van der Waals surface area contributed by atoms with Crippen LogP contribution in [-0.2, 0) is 12.8 Å². The molecule has 0 saturated carbocycles. The van der Waals surface area contributed by atoms with Crippen molar-refractivity contribution in [3.8, 4) is 5.75 Å². The predicted octanol–water partition coefficient (Wildman–Crippen LogP) is 3.95. The number of hydrogen-bond acceptors (Lipinski definition) is 2. The van der Waals surface area contributed by atoms with E-state index in [1.54, 1.807) is 0 Å². The highest BCUT2D eigenvalue weighted by Gasteiger charge is 2.23. The lowest BCUT2D eigenvalue weighted by molar-refractivity contribution is 0.180. The van der Waals surface area contributed by atoms with E-state index in [0.717, 1.165) is 12.8 Å². The second-order valence-electron chi connectivity index (χ2n) is 5.39. The maximum atomic E-state index is 9.52. The summed E-state index contributed by atoms with van der Waals surface area (Å²) in [7, 11) is 0. The lowest BCUT2D eigenvalue weighted by Gasteiger charge is -2.35. The number of aromatic hydroxyl groups is 1. The zero-order valence-electron chi connectivity index (χ0n) is 12.1. The van der Waals surface area contributed by atoms with Crippen LogP contribution in [-0.4, -0.2) is 29.1 Å². The monoisotopic (exact) mass is 327 g/mol. The van der Waals surface area contributed by atoms with Crippen LogP contribution in [0.1, 0.15) is 44.2 Å². The molecule has 108 valence electrons. The number of fused-ring (bicyclic) bond motifs is 1. The smallest absolute Gasteiger partial charge is 0.115 e. The molecule has 0 spiro atoms. The molecule has 2 nitrogen and oxygen atoms in total. The Labute approximate surface area is 127 Å². The summed E-state index contributed by atoms with van der Waals surface area (Å²) in [6.07, 6.45) is 5.96. The SMILES string of the molecule is Br.CCCN(CCC)C1CCc2cc(O)ccc2C1. The largest absolute Gasteiger partial charge is 0.508 e. The van der Waals surface area contributed by atoms with Crippen LogP contribution in [0.2, 0.25) is 0 Å². The third-order valence-electron chi connectivity index (χ3n) is 3.93. The summed E-state index contributed by atoms with van der Waals surface area (Å²) < 4.78 is 0. The summed E-state index contributed by atoms with van der Waals surface area (Å²) in [5, 5.41) is 9.52. The molecule has 3 heteroatoms. The van der Waals surface area contributed by atoms with Crippen molar-refractivity contribution >= 4 is 17.0 Å². The Morgan fingerprint density at radius 1 is 1.16 bits per heavy atom. The van der Waals surface area contributed by atoms with E-state index in [9.17, 15) is 5.11 Å². The molecule has 2 rings (SSSR count). The van der Waals surface area contributed by atoms with Crippen molar-refractivity contribution in [3.63, 3.8) is 0 Å². The first-order valence-electron chi connectivity index (χ1n) is 7.29. The predicted molar refractivity (Wildman–Crippen MR) is 86.4 cm³/mol. The van der Waals surface area contributed by atoms with Gasteiger partial charge in [-0.3, -0.25) is 0 Å². The van der Waals surface area contributed by atoms with Crippen LogP contribution in [0.25, 0.3) is 0 Å². The Hall–Kier alpha value is -0.540. The maximum absolute atomic E-state index is 9.52. The van der Waals surface area contributed by atoms with Gasteiger partial charge in [-0.05, 0) is 68.5 Å². The number of nitrogens with zero attached hydrogens (tertiary/aromatic N) is 1. The fraction of sp³-hybridized carbons (Fsp3) is 0.625. The summed E-state index contributed by atoms with van der Waals surface area (Å²) in [6, 6.07) is 6.56. The first-order valence-corrected chi connectivity index (χ1v) is 7.29. The highest BCUT2D eigenvalue weighted by Crippen LogP contribution is 2.27. The van der Waals surface area contributed by atoms with Gasteiger partial charge in [0.2, 0.25) is 0 Å². The molecule has 0 fully saturated rings. The molecule has 1 aromatic carbocycles. The number of benzene rings is 1. The van der Waals surface area contributed by atoms with E-state index in [1.807, 2.05) is 12.1 Å². The lowest BCUT2D eigenvalue weighted by atomic mass is 9.87. The molecule has 0 aliphatic heterocycles. The summed E-state index contributed by atoms with van der Waals surface area (Å²) in [5.41, 5.74) is 2.78. The molecule has 1 aliphatic rings. The van der Waals surface area contributed by atoms with Crippen molar-refractivity contribution in [3.05, 3.63) is 29.3 Å². The van der Waals surface area contributed by atoms with E-state index in [1.165, 1.54) is 43.5 Å². The number of halogens is 1. The molecular weight excluding hydrogens is 302 g/mol. The van der Waals surface area contributed by atoms with Gasteiger partial charge in [0.1, 0.15) is 5.75 Å². The molecule has 0 radical (unpaired) electrons. The van der Waals surface area contributed by atoms with E-state index < -0.39 is 0 Å². The van der Waals surface area contributed by atoms with Gasteiger partial charge >= 0.3 is 0 Å². The van der Waals surface area contributed by atoms with E-state index >= 15 is 0 Å². The van der Waals surface area contributed by atoms with Gasteiger partial charge in [-0.25, -0.2) is 0 Å². The molecular formula is C16H26BrNO. The van der Waals surface area contributed by atoms with Gasteiger partial charge in [0.15, 0.2) is 0 Å². The first kappa shape index (κ1) is 16.5. The molecule has 19 heavy (non-hydrogen) atoms. The van der Waals surface area contributed by atoms with Crippen LogP contribution in [0.15, 0.2) is 18.2 Å². The molecule has 1 atom stereocenters. The summed E-state index contributed by atoms with van der Waals surface area (Å²) >= 11 is 0. The summed E-state index contributed by atoms with van der Waals surface area (Å²) in [4.78, 5) is 2.65. The van der Waals surface area contributed by atoms with Crippen molar-refractivity contribution in [2.75, 3.05) is 13.1 Å². The highest BCUT2D eigenvalue weighted by molar-refractivity contribution is 8.93. The van der Waals surface area contributed by atoms with Gasteiger partial charge in [0.25, 0.3) is 0 Å². The minimum Gasteiger partial charge on any atom is -0.508 e. The van der Waals surface area contributed by atoms with Crippen molar-refractivity contribution < 1.29 is 5.11 Å². The van der Waals surface area contributed by atoms with Gasteiger partial charge in [0, 0.05) is 6.04 Å². The number of aryl methyl sites for hydroxylation is 1. The average molecular weight is 328 g/mol. The Balaban J connectivity index is 0.00000180. The Kier molecular flexibility index (Phi) is 6.87. The quantitative estimate of drug-likeness (QED) is 0.885. The van der Waals surface area contributed by atoms with Crippen molar-refractivity contribution in [2.24, 2.45) is 0 Å². The molecule has 0 aromatic heterocycles. The van der Waals surface area contributed by atoms with Gasteiger partial charge in [-0.2, -0.15) is 0 Å². The number of phenolic OH excluding ortho intramolecular Hbond substituents is 1. The molecule has 0 bridgehead atoms. The Bertz CT molecular complexity index is 388. The lowest BCUT2D eigenvalue weighted by Crippen LogP contribution is -2.40. The summed E-state index contributed by atoms with van der Waals surface area (Å²) in [6.45, 7) is 6.95. The average Bonchev–Trinajstić information content (AvgIpc) is 2.38. The van der Waals surface area contributed by atoms with Crippen molar-refractivity contribution in [1.82, 2.24) is 4.90 Å².